The van der Waals surface area contributed by atoms with E-state index in [-0.39, 0.29) is 93.7 Å². The van der Waals surface area contributed by atoms with Crippen molar-refractivity contribution >= 4 is 103 Å². The first-order valence-corrected chi connectivity index (χ1v) is 60.5. The van der Waals surface area contributed by atoms with Gasteiger partial charge in [-0.25, -0.2) is 0 Å². The van der Waals surface area contributed by atoms with Crippen LogP contribution < -0.4 is 22.9 Å². The zero-order valence-corrected chi connectivity index (χ0v) is 83.4. The summed E-state index contributed by atoms with van der Waals surface area (Å²) in [6.45, 7) is 8.41. The van der Waals surface area contributed by atoms with Crippen LogP contribution >= 0.6 is 0 Å². The van der Waals surface area contributed by atoms with Crippen molar-refractivity contribution in [3.8, 4) is 0 Å². The van der Waals surface area contributed by atoms with Crippen molar-refractivity contribution in [2.45, 2.75) is 345 Å². The molecule has 0 heterocycles. The molecule has 8 aromatic carbocycles. The van der Waals surface area contributed by atoms with Gasteiger partial charge in [0.15, 0.2) is 0 Å². The Morgan fingerprint density at radius 3 is 0.519 bits per heavy atom. The summed E-state index contributed by atoms with van der Waals surface area (Å²) in [5.74, 6) is 0. The van der Waals surface area contributed by atoms with E-state index in [2.05, 4.69) is 27.7 Å². The van der Waals surface area contributed by atoms with Crippen LogP contribution in [0.1, 0.15) is 328 Å². The molecule has 24 nitrogen and oxygen atoms in total. The molecule has 33 heteroatoms. The quantitative estimate of drug-likeness (QED) is 0.0156. The molecule has 0 aliphatic rings. The van der Waals surface area contributed by atoms with Crippen LogP contribution in [0.15, 0.2) is 233 Å². The molecule has 0 amide bonds. The SMILES string of the molecule is CCCCCCCCCCCC(c1ccccc1S(=O)(=O)[O][Ti]([O]S(=O)(=O)c1ccccc1C(CCCCCCCCCCC)S(=O)(=O)c1ccc(N)cc1)([O]S(=O)(=O)c1ccccc1C(CCCCCCCCCCC)S(=O)(=O)c1ccc(N)cc1)[O]S(=O)(=O)c1ccccc1C(CCCCCCCCCCC)S(=O)(=O)c1ccc(N)cc1)S(=O)(=O)c1ccc(N)cc1. The standard InChI is InChI=1S/4C24H35NO5S2.Ti/c4*1-2-3-4-5-6-7-8-9-10-14-23(22-13-11-12-15-24(22)32(28,29)30)31(26,27)21-18-16-20(25)17-19-21;/h4*11-13,15-19,23H,2-10,14,25H2,1H3,(H,28,29,30);/q;;;;+4/p-4. The summed E-state index contributed by atoms with van der Waals surface area (Å²) in [5, 5.41) is -7.47. The normalized spacial score (nSPS) is 14.1. The predicted molar refractivity (Wildman–Crippen MR) is 509 cm³/mol. The molecule has 4 atom stereocenters. The molecule has 0 radical (unpaired) electrons. The van der Waals surface area contributed by atoms with Crippen LogP contribution in [0.2, 0.25) is 0 Å². The monoisotopic (exact) mass is 1970 g/mol. The zero-order chi connectivity index (χ0) is 93.8. The maximum absolute atomic E-state index is 16.8. The van der Waals surface area contributed by atoms with E-state index in [0.717, 1.165) is 227 Å². The molecule has 4 unspecified atom stereocenters. The van der Waals surface area contributed by atoms with Crippen molar-refractivity contribution in [1.29, 1.82) is 0 Å². The number of anilines is 4. The Kier molecular flexibility index (Phi) is 43.4. The van der Waals surface area contributed by atoms with Gasteiger partial charge >= 0.3 is 678 Å². The molecular weight excluding hydrogens is 1830 g/mol. The van der Waals surface area contributed by atoms with E-state index in [1.54, 1.807) is 0 Å². The summed E-state index contributed by atoms with van der Waals surface area (Å²) < 4.78 is 285. The fourth-order valence-electron chi connectivity index (χ4n) is 16.5. The summed E-state index contributed by atoms with van der Waals surface area (Å²) in [4.78, 5) is -5.85. The second-order valence-electron chi connectivity index (χ2n) is 33.7. The number of nitrogens with two attached hydrogens (primary N) is 4. The van der Waals surface area contributed by atoms with Crippen molar-refractivity contribution in [2.24, 2.45) is 0 Å². The molecule has 8 N–H and O–H groups in total. The van der Waals surface area contributed by atoms with Crippen LogP contribution in [0, 0.1) is 0 Å². The zero-order valence-electron chi connectivity index (χ0n) is 75.3. The number of hydrogen-bond acceptors (Lipinski definition) is 24. The Morgan fingerprint density at radius 2 is 0.357 bits per heavy atom. The van der Waals surface area contributed by atoms with Gasteiger partial charge in [0.1, 0.15) is 0 Å². The first kappa shape index (κ1) is 107. The molecule has 0 bridgehead atoms. The third-order valence-electron chi connectivity index (χ3n) is 23.6. The van der Waals surface area contributed by atoms with Crippen molar-refractivity contribution < 1.29 is 96.5 Å². The van der Waals surface area contributed by atoms with Gasteiger partial charge in [-0.3, -0.25) is 0 Å². The van der Waals surface area contributed by atoms with Gasteiger partial charge in [0.25, 0.3) is 0 Å². The van der Waals surface area contributed by atoms with Gasteiger partial charge in [-0.15, -0.1) is 0 Å². The van der Waals surface area contributed by atoms with Gasteiger partial charge < -0.3 is 0 Å². The van der Waals surface area contributed by atoms with E-state index >= 15 is 67.3 Å². The summed E-state index contributed by atoms with van der Waals surface area (Å²) in [6.07, 6.45) is 26.8. The molecule has 712 valence electrons. The molecule has 0 spiro atoms. The van der Waals surface area contributed by atoms with Crippen LogP contribution in [-0.4, -0.2) is 67.3 Å². The first-order chi connectivity index (χ1) is 61.5. The average molecular weight is 1970 g/mol. The Labute approximate surface area is 776 Å². The first-order valence-electron chi connectivity index (χ1n) is 46.1. The van der Waals surface area contributed by atoms with Gasteiger partial charge in [0.2, 0.25) is 0 Å². The van der Waals surface area contributed by atoms with Gasteiger partial charge in [-0.2, -0.15) is 0 Å². The Hall–Kier alpha value is -6.89. The molecule has 0 saturated carbocycles. The van der Waals surface area contributed by atoms with E-state index in [1.165, 1.54) is 121 Å². The summed E-state index contributed by atoms with van der Waals surface area (Å²) in [5.41, 5.74) is 22.9. The fraction of sp³-hybridized carbons (Fsp3) is 0.500. The Balaban J connectivity index is 1.45. The van der Waals surface area contributed by atoms with E-state index in [9.17, 15) is 0 Å². The fourth-order valence-corrected chi connectivity index (χ4v) is 38.3. The minimum atomic E-state index is -8.92. The van der Waals surface area contributed by atoms with Crippen molar-refractivity contribution in [3.05, 3.63) is 216 Å². The van der Waals surface area contributed by atoms with Crippen molar-refractivity contribution in [3.63, 3.8) is 0 Å². The van der Waals surface area contributed by atoms with E-state index in [4.69, 9.17) is 34.0 Å². The molecule has 0 saturated heterocycles. The van der Waals surface area contributed by atoms with E-state index < -0.39 is 161 Å². The second kappa shape index (κ2) is 52.1. The maximum atomic E-state index is 16.8. The topological polar surface area (TPSA) is 414 Å². The summed E-state index contributed by atoms with van der Waals surface area (Å²) in [6, 6.07) is 38.0. The summed E-state index contributed by atoms with van der Waals surface area (Å²) >= 11 is -8.92. The van der Waals surface area contributed by atoms with Crippen LogP contribution in [0.3, 0.4) is 0 Å². The summed E-state index contributed by atoms with van der Waals surface area (Å²) in [7, 11) is -44.8. The van der Waals surface area contributed by atoms with Gasteiger partial charge in [-0.05, 0) is 0 Å². The molecule has 0 aromatic heterocycles. The minimum absolute atomic E-state index is 0.156. The Morgan fingerprint density at radius 1 is 0.209 bits per heavy atom. The Bertz CT molecular complexity index is 5070. The van der Waals surface area contributed by atoms with Gasteiger partial charge in [-0.1, -0.05) is 105 Å². The molecule has 0 fully saturated rings. The number of hydrogen-bond donors (Lipinski definition) is 4. The predicted octanol–water partition coefficient (Wildman–Crippen LogP) is 23.5. The third kappa shape index (κ3) is 31.6. The van der Waals surface area contributed by atoms with E-state index in [1.807, 2.05) is 0 Å². The molecule has 8 aromatic rings. The van der Waals surface area contributed by atoms with Crippen LogP contribution in [0.5, 0.6) is 0 Å². The van der Waals surface area contributed by atoms with Crippen LogP contribution in [-0.2, 0) is 109 Å². The van der Waals surface area contributed by atoms with Crippen molar-refractivity contribution in [1.82, 2.24) is 0 Å². The average Bonchev–Trinajstić information content (AvgIpc) is 0.735. The van der Waals surface area contributed by atoms with Gasteiger partial charge in [0.05, 0.1) is 0 Å². The van der Waals surface area contributed by atoms with Crippen LogP contribution in [0.25, 0.3) is 0 Å². The second-order valence-corrected chi connectivity index (χ2v) is 52.9. The van der Waals surface area contributed by atoms with Crippen LogP contribution in [0.4, 0.5) is 22.7 Å². The molecule has 129 heavy (non-hydrogen) atoms. The molecule has 0 aliphatic carbocycles. The van der Waals surface area contributed by atoms with Gasteiger partial charge in [0, 0.05) is 0 Å². The molecular formula is C96H136N4O20S8Ti. The van der Waals surface area contributed by atoms with Crippen molar-refractivity contribution in [2.75, 3.05) is 22.9 Å². The third-order valence-corrected chi connectivity index (χ3v) is 45.5. The number of nitrogen functional groups attached to an aromatic ring is 4. The number of rotatable bonds is 64. The number of benzene rings is 8. The molecule has 0 aliphatic heterocycles. The number of unbranched alkanes of at least 4 members (excludes halogenated alkanes) is 32. The molecule has 8 rings (SSSR count). The number of sulfone groups is 4. The van der Waals surface area contributed by atoms with E-state index in [0.29, 0.717) is 51.4 Å².